The number of halogens is 1. The van der Waals surface area contributed by atoms with Gasteiger partial charge in [-0.1, -0.05) is 12.1 Å². The molecule has 3 heteroatoms. The van der Waals surface area contributed by atoms with E-state index in [2.05, 4.69) is 35.6 Å². The van der Waals surface area contributed by atoms with E-state index in [4.69, 9.17) is 10.4 Å². The van der Waals surface area contributed by atoms with Crippen LogP contribution in [0.3, 0.4) is 0 Å². The van der Waals surface area contributed by atoms with Crippen molar-refractivity contribution in [1.82, 2.24) is 0 Å². The van der Waals surface area contributed by atoms with Gasteiger partial charge in [0.2, 0.25) is 0 Å². The van der Waals surface area contributed by atoms with Crippen molar-refractivity contribution in [3.05, 3.63) is 39.8 Å². The molecule has 2 nitrogen and oxygen atoms in total. The second-order valence-corrected chi connectivity index (χ2v) is 3.86. The lowest BCUT2D eigenvalue weighted by Gasteiger charge is -2.10. The third-order valence-corrected chi connectivity index (χ3v) is 2.72. The van der Waals surface area contributed by atoms with Crippen molar-refractivity contribution in [2.24, 2.45) is 0 Å². The molecule has 0 heterocycles. The van der Waals surface area contributed by atoms with Gasteiger partial charge in [-0.05, 0) is 41.1 Å². The van der Waals surface area contributed by atoms with E-state index in [9.17, 15) is 0 Å². The van der Waals surface area contributed by atoms with E-state index >= 15 is 0 Å². The van der Waals surface area contributed by atoms with Crippen LogP contribution in [-0.4, -0.2) is 11.7 Å². The van der Waals surface area contributed by atoms with Crippen LogP contribution < -0.4 is 0 Å². The molecule has 1 N–H and O–H groups in total. The molecule has 0 bridgehead atoms. The lowest BCUT2D eigenvalue weighted by atomic mass is 9.97. The summed E-state index contributed by atoms with van der Waals surface area (Å²) in [6, 6.07) is 7.68. The van der Waals surface area contributed by atoms with Gasteiger partial charge in [0.15, 0.2) is 0 Å². The molecule has 0 spiro atoms. The van der Waals surface area contributed by atoms with Gasteiger partial charge in [-0.25, -0.2) is 0 Å². The number of aliphatic hydroxyl groups is 1. The van der Waals surface area contributed by atoms with Gasteiger partial charge in [0.1, 0.15) is 6.07 Å². The van der Waals surface area contributed by atoms with Crippen LogP contribution in [0, 0.1) is 21.8 Å². The minimum atomic E-state index is -0.218. The Morgan fingerprint density at radius 3 is 2.85 bits per heavy atom. The van der Waals surface area contributed by atoms with Crippen LogP contribution in [0.2, 0.25) is 0 Å². The molecule has 0 amide bonds. The van der Waals surface area contributed by atoms with Crippen molar-refractivity contribution in [2.45, 2.75) is 5.92 Å². The highest BCUT2D eigenvalue weighted by molar-refractivity contribution is 14.1. The molecule has 67 valence electrons. The SMILES string of the molecule is [CH2]C(CO)c1cccc(I)c1C#N. The predicted octanol–water partition coefficient (Wildman–Crippen LogP) is 2.07. The standard InChI is InChI=1S/C10H9INO/c1-7(6-13)8-3-2-4-10(11)9(8)5-12/h2-4,7,13H,1,6H2. The van der Waals surface area contributed by atoms with E-state index in [-0.39, 0.29) is 12.5 Å². The van der Waals surface area contributed by atoms with E-state index in [0.29, 0.717) is 5.56 Å². The van der Waals surface area contributed by atoms with Gasteiger partial charge < -0.3 is 5.11 Å². The largest absolute Gasteiger partial charge is 0.396 e. The zero-order chi connectivity index (χ0) is 9.84. The predicted molar refractivity (Wildman–Crippen MR) is 59.1 cm³/mol. The van der Waals surface area contributed by atoms with Crippen LogP contribution in [0.15, 0.2) is 18.2 Å². The fourth-order valence-corrected chi connectivity index (χ4v) is 1.74. The van der Waals surface area contributed by atoms with Gasteiger partial charge in [0.05, 0.1) is 5.56 Å². The Bertz CT molecular complexity index is 343. The maximum absolute atomic E-state index is 8.92. The zero-order valence-corrected chi connectivity index (χ0v) is 9.15. The minimum Gasteiger partial charge on any atom is -0.396 e. The lowest BCUT2D eigenvalue weighted by molar-refractivity contribution is 0.282. The summed E-state index contributed by atoms with van der Waals surface area (Å²) in [6.07, 6.45) is 0. The van der Waals surface area contributed by atoms with Crippen molar-refractivity contribution in [2.75, 3.05) is 6.61 Å². The maximum Gasteiger partial charge on any atom is 0.101 e. The van der Waals surface area contributed by atoms with Crippen molar-refractivity contribution in [3.8, 4) is 6.07 Å². The first-order chi connectivity index (χ1) is 6.20. The molecule has 1 radical (unpaired) electrons. The summed E-state index contributed by atoms with van der Waals surface area (Å²) in [4.78, 5) is 0. The summed E-state index contributed by atoms with van der Waals surface area (Å²) < 4.78 is 0.903. The molecule has 1 unspecified atom stereocenters. The molecule has 0 fully saturated rings. The molecule has 0 aliphatic rings. The highest BCUT2D eigenvalue weighted by atomic mass is 127. The number of aliphatic hydroxyl groups excluding tert-OH is 1. The number of benzene rings is 1. The van der Waals surface area contributed by atoms with Crippen molar-refractivity contribution >= 4 is 22.6 Å². The first-order valence-corrected chi connectivity index (χ1v) is 4.91. The van der Waals surface area contributed by atoms with Gasteiger partial charge in [0, 0.05) is 16.1 Å². The Hall–Kier alpha value is -0.600. The summed E-state index contributed by atoms with van der Waals surface area (Å²) in [5, 5.41) is 17.8. The number of hydrogen-bond acceptors (Lipinski definition) is 2. The summed E-state index contributed by atoms with van der Waals surface area (Å²) in [6.45, 7) is 3.74. The first-order valence-electron chi connectivity index (χ1n) is 3.83. The molecule has 1 aromatic carbocycles. The van der Waals surface area contributed by atoms with E-state index in [1.165, 1.54) is 0 Å². The van der Waals surface area contributed by atoms with Crippen LogP contribution in [0.5, 0.6) is 0 Å². The summed E-state index contributed by atoms with van der Waals surface area (Å²) in [5.74, 6) is -0.218. The Balaban J connectivity index is 3.22. The summed E-state index contributed by atoms with van der Waals surface area (Å²) in [7, 11) is 0. The average molecular weight is 286 g/mol. The highest BCUT2D eigenvalue weighted by Gasteiger charge is 2.11. The van der Waals surface area contributed by atoms with Gasteiger partial charge in [0.25, 0.3) is 0 Å². The fourth-order valence-electron chi connectivity index (χ4n) is 1.10. The molecule has 1 atom stereocenters. The number of rotatable bonds is 2. The second kappa shape index (κ2) is 4.58. The molecule has 1 rings (SSSR count). The molecule has 0 saturated heterocycles. The first kappa shape index (κ1) is 10.5. The van der Waals surface area contributed by atoms with Gasteiger partial charge >= 0.3 is 0 Å². The number of nitrogens with zero attached hydrogens (tertiary/aromatic N) is 1. The van der Waals surface area contributed by atoms with E-state index in [1.54, 1.807) is 0 Å². The number of nitriles is 1. The zero-order valence-electron chi connectivity index (χ0n) is 7.00. The quantitative estimate of drug-likeness (QED) is 0.846. The molecule has 0 saturated carbocycles. The lowest BCUT2D eigenvalue weighted by Crippen LogP contribution is -2.03. The monoisotopic (exact) mass is 286 g/mol. The number of hydrogen-bond donors (Lipinski definition) is 1. The second-order valence-electron chi connectivity index (χ2n) is 2.70. The van der Waals surface area contributed by atoms with E-state index < -0.39 is 0 Å². The van der Waals surface area contributed by atoms with Gasteiger partial charge in [-0.3, -0.25) is 0 Å². The molecule has 1 aromatic rings. The average Bonchev–Trinajstić information content (AvgIpc) is 2.16. The molecule has 0 aliphatic carbocycles. The maximum atomic E-state index is 8.92. The van der Waals surface area contributed by atoms with Crippen LogP contribution in [0.4, 0.5) is 0 Å². The fraction of sp³-hybridized carbons (Fsp3) is 0.200. The molecule has 0 aliphatic heterocycles. The normalized spacial score (nSPS) is 12.2. The Morgan fingerprint density at radius 1 is 1.62 bits per heavy atom. The van der Waals surface area contributed by atoms with Crippen LogP contribution in [-0.2, 0) is 0 Å². The van der Waals surface area contributed by atoms with E-state index in [0.717, 1.165) is 9.13 Å². The Labute approximate surface area is 91.3 Å². The summed E-state index contributed by atoms with van der Waals surface area (Å²) >= 11 is 2.10. The third-order valence-electron chi connectivity index (χ3n) is 1.82. The molecule has 0 aromatic heterocycles. The van der Waals surface area contributed by atoms with Crippen molar-refractivity contribution < 1.29 is 5.11 Å². The van der Waals surface area contributed by atoms with Crippen molar-refractivity contribution in [3.63, 3.8) is 0 Å². The smallest absolute Gasteiger partial charge is 0.101 e. The van der Waals surface area contributed by atoms with Crippen LogP contribution >= 0.6 is 22.6 Å². The highest BCUT2D eigenvalue weighted by Crippen LogP contribution is 2.22. The van der Waals surface area contributed by atoms with Crippen LogP contribution in [0.1, 0.15) is 17.0 Å². The Kier molecular flexibility index (Phi) is 3.70. The summed E-state index contributed by atoms with van der Waals surface area (Å²) in [5.41, 5.74) is 1.44. The van der Waals surface area contributed by atoms with Gasteiger partial charge in [-0.2, -0.15) is 5.26 Å². The minimum absolute atomic E-state index is 0.0330. The third kappa shape index (κ3) is 2.20. The topological polar surface area (TPSA) is 44.0 Å². The Morgan fingerprint density at radius 2 is 2.31 bits per heavy atom. The van der Waals surface area contributed by atoms with Crippen LogP contribution in [0.25, 0.3) is 0 Å². The molecular formula is C10H9INO. The van der Waals surface area contributed by atoms with Gasteiger partial charge in [-0.15, -0.1) is 0 Å². The van der Waals surface area contributed by atoms with Crippen molar-refractivity contribution in [1.29, 1.82) is 5.26 Å². The van der Waals surface area contributed by atoms with E-state index in [1.807, 2.05) is 18.2 Å². The molecule has 13 heavy (non-hydrogen) atoms. The molecular weight excluding hydrogens is 277 g/mol.